The summed E-state index contributed by atoms with van der Waals surface area (Å²) in [7, 11) is 0. The van der Waals surface area contributed by atoms with E-state index in [4.69, 9.17) is 23.2 Å². The average Bonchev–Trinajstić information content (AvgIpc) is 2.72. The molecule has 1 aromatic rings. The van der Waals surface area contributed by atoms with Gasteiger partial charge in [-0.1, -0.05) is 30.1 Å². The van der Waals surface area contributed by atoms with Gasteiger partial charge in [0.1, 0.15) is 0 Å². The summed E-state index contributed by atoms with van der Waals surface area (Å²) in [6.07, 6.45) is 3.53. The first-order valence-corrected chi connectivity index (χ1v) is 6.64. The van der Waals surface area contributed by atoms with Crippen LogP contribution in [0.3, 0.4) is 0 Å². The molecule has 0 saturated heterocycles. The Labute approximate surface area is 106 Å². The van der Waals surface area contributed by atoms with Gasteiger partial charge in [0.2, 0.25) is 0 Å². The van der Waals surface area contributed by atoms with Gasteiger partial charge in [-0.15, -0.1) is 0 Å². The average molecular weight is 256 g/mol. The Hall–Kier alpha value is -0.240. The molecule has 1 saturated carbocycles. The van der Waals surface area contributed by atoms with Gasteiger partial charge in [0.25, 0.3) is 0 Å². The fourth-order valence-electron chi connectivity index (χ4n) is 2.63. The Morgan fingerprint density at radius 2 is 2.06 bits per heavy atom. The van der Waals surface area contributed by atoms with Crippen LogP contribution in [0.15, 0.2) is 12.1 Å². The third-order valence-electron chi connectivity index (χ3n) is 3.78. The van der Waals surface area contributed by atoms with E-state index in [2.05, 4.69) is 18.3 Å². The van der Waals surface area contributed by atoms with Gasteiger partial charge in [-0.3, -0.25) is 0 Å². The molecule has 0 bridgehead atoms. The van der Waals surface area contributed by atoms with Crippen LogP contribution in [0, 0.1) is 5.92 Å². The molecule has 0 heterocycles. The summed E-state index contributed by atoms with van der Waals surface area (Å²) in [6.45, 7) is 2.29. The van der Waals surface area contributed by atoms with Gasteiger partial charge >= 0.3 is 0 Å². The van der Waals surface area contributed by atoms with Crippen LogP contribution in [0.5, 0.6) is 0 Å². The Morgan fingerprint density at radius 3 is 2.75 bits per heavy atom. The molecule has 0 amide bonds. The van der Waals surface area contributed by atoms with Crippen LogP contribution >= 0.6 is 23.2 Å². The van der Waals surface area contributed by atoms with Crippen LogP contribution in [-0.2, 0) is 6.42 Å². The third kappa shape index (κ3) is 1.85. The first-order chi connectivity index (χ1) is 7.65. The summed E-state index contributed by atoms with van der Waals surface area (Å²) >= 11 is 12.3. The lowest BCUT2D eigenvalue weighted by Crippen LogP contribution is -2.22. The Balaban J connectivity index is 1.86. The van der Waals surface area contributed by atoms with Crippen molar-refractivity contribution in [2.45, 2.75) is 38.3 Å². The molecule has 1 fully saturated rings. The number of hydrogen-bond donors (Lipinski definition) is 1. The van der Waals surface area contributed by atoms with Crippen molar-refractivity contribution >= 4 is 23.2 Å². The molecule has 3 heteroatoms. The zero-order chi connectivity index (χ0) is 11.3. The Bertz CT molecular complexity index is 430. The van der Waals surface area contributed by atoms with Crippen molar-refractivity contribution < 1.29 is 0 Å². The van der Waals surface area contributed by atoms with E-state index in [1.807, 2.05) is 6.07 Å². The van der Waals surface area contributed by atoms with E-state index in [9.17, 15) is 0 Å². The van der Waals surface area contributed by atoms with Gasteiger partial charge in [0.15, 0.2) is 0 Å². The number of rotatable bonds is 2. The van der Waals surface area contributed by atoms with Crippen molar-refractivity contribution in [3.8, 4) is 0 Å². The fourth-order valence-corrected chi connectivity index (χ4v) is 3.23. The van der Waals surface area contributed by atoms with Crippen molar-refractivity contribution in [3.05, 3.63) is 33.3 Å². The lowest BCUT2D eigenvalue weighted by molar-refractivity contribution is 0.513. The highest BCUT2D eigenvalue weighted by Gasteiger charge is 2.36. The summed E-state index contributed by atoms with van der Waals surface area (Å²) < 4.78 is 0. The lowest BCUT2D eigenvalue weighted by Gasteiger charge is -2.14. The van der Waals surface area contributed by atoms with E-state index in [-0.39, 0.29) is 0 Å². The predicted molar refractivity (Wildman–Crippen MR) is 68.2 cm³/mol. The second-order valence-electron chi connectivity index (χ2n) is 5.03. The summed E-state index contributed by atoms with van der Waals surface area (Å²) in [6, 6.07) is 5.08. The van der Waals surface area contributed by atoms with Crippen LogP contribution in [0.2, 0.25) is 10.0 Å². The normalized spacial score (nSPS) is 31.6. The molecule has 0 aliphatic heterocycles. The SMILES string of the molecule is CC1CC1NC1CCc2c(Cl)cc(Cl)cc21. The van der Waals surface area contributed by atoms with Crippen molar-refractivity contribution in [1.29, 1.82) is 0 Å². The quantitative estimate of drug-likeness (QED) is 0.843. The predicted octanol–water partition coefficient (Wildman–Crippen LogP) is 3.98. The van der Waals surface area contributed by atoms with Crippen LogP contribution < -0.4 is 5.32 Å². The largest absolute Gasteiger partial charge is 0.307 e. The number of hydrogen-bond acceptors (Lipinski definition) is 1. The van der Waals surface area contributed by atoms with E-state index in [1.165, 1.54) is 17.5 Å². The minimum absolute atomic E-state index is 0.459. The zero-order valence-corrected chi connectivity index (χ0v) is 10.8. The molecular formula is C13H15Cl2N. The van der Waals surface area contributed by atoms with Gasteiger partial charge < -0.3 is 5.32 Å². The van der Waals surface area contributed by atoms with Crippen LogP contribution in [0.1, 0.15) is 36.9 Å². The van der Waals surface area contributed by atoms with Crippen molar-refractivity contribution in [2.75, 3.05) is 0 Å². The molecule has 1 nitrogen and oxygen atoms in total. The monoisotopic (exact) mass is 255 g/mol. The molecule has 3 unspecified atom stereocenters. The van der Waals surface area contributed by atoms with Gasteiger partial charge in [-0.25, -0.2) is 0 Å². The van der Waals surface area contributed by atoms with E-state index >= 15 is 0 Å². The minimum atomic E-state index is 0.459. The number of halogens is 2. The molecule has 2 aliphatic rings. The molecule has 0 radical (unpaired) electrons. The topological polar surface area (TPSA) is 12.0 Å². The molecule has 0 aromatic heterocycles. The van der Waals surface area contributed by atoms with Crippen molar-refractivity contribution in [3.63, 3.8) is 0 Å². The number of nitrogens with one attached hydrogen (secondary N) is 1. The summed E-state index contributed by atoms with van der Waals surface area (Å²) in [4.78, 5) is 0. The maximum absolute atomic E-state index is 6.21. The highest BCUT2D eigenvalue weighted by Crippen LogP contribution is 2.40. The molecule has 2 aliphatic carbocycles. The van der Waals surface area contributed by atoms with E-state index < -0.39 is 0 Å². The molecule has 3 atom stereocenters. The third-order valence-corrected chi connectivity index (χ3v) is 4.33. The smallest absolute Gasteiger partial charge is 0.0456 e. The van der Waals surface area contributed by atoms with E-state index in [0.717, 1.165) is 28.8 Å². The van der Waals surface area contributed by atoms with Gasteiger partial charge in [0, 0.05) is 22.1 Å². The van der Waals surface area contributed by atoms with Gasteiger partial charge in [-0.2, -0.15) is 0 Å². The Morgan fingerprint density at radius 1 is 1.31 bits per heavy atom. The number of benzene rings is 1. The van der Waals surface area contributed by atoms with Crippen LogP contribution in [-0.4, -0.2) is 6.04 Å². The highest BCUT2D eigenvalue weighted by atomic mass is 35.5. The molecule has 3 rings (SSSR count). The summed E-state index contributed by atoms with van der Waals surface area (Å²) in [5.74, 6) is 0.832. The van der Waals surface area contributed by atoms with Crippen molar-refractivity contribution in [2.24, 2.45) is 5.92 Å². The van der Waals surface area contributed by atoms with E-state index in [0.29, 0.717) is 12.1 Å². The van der Waals surface area contributed by atoms with Gasteiger partial charge in [-0.05, 0) is 48.4 Å². The maximum Gasteiger partial charge on any atom is 0.0456 e. The number of fused-ring (bicyclic) bond motifs is 1. The lowest BCUT2D eigenvalue weighted by atomic mass is 10.1. The molecular weight excluding hydrogens is 241 g/mol. The summed E-state index contributed by atoms with van der Waals surface area (Å²) in [5.41, 5.74) is 2.61. The van der Waals surface area contributed by atoms with E-state index in [1.54, 1.807) is 0 Å². The first-order valence-electron chi connectivity index (χ1n) is 5.89. The van der Waals surface area contributed by atoms with Crippen LogP contribution in [0.4, 0.5) is 0 Å². The highest BCUT2D eigenvalue weighted by molar-refractivity contribution is 6.35. The Kier molecular flexibility index (Phi) is 2.66. The molecule has 16 heavy (non-hydrogen) atoms. The summed E-state index contributed by atoms with van der Waals surface area (Å²) in [5, 5.41) is 5.28. The first kappa shape index (κ1) is 10.9. The molecule has 0 spiro atoms. The second-order valence-corrected chi connectivity index (χ2v) is 5.88. The van der Waals surface area contributed by atoms with Crippen molar-refractivity contribution in [1.82, 2.24) is 5.32 Å². The molecule has 86 valence electrons. The van der Waals surface area contributed by atoms with Crippen LogP contribution in [0.25, 0.3) is 0 Å². The zero-order valence-electron chi connectivity index (χ0n) is 9.26. The molecule has 1 N–H and O–H groups in total. The second kappa shape index (κ2) is 3.90. The van der Waals surface area contributed by atoms with Gasteiger partial charge in [0.05, 0.1) is 0 Å². The standard InChI is InChI=1S/C13H15Cl2N/c1-7-4-13(7)16-12-3-2-9-10(12)5-8(14)6-11(9)15/h5-7,12-13,16H,2-4H2,1H3. The molecule has 1 aromatic carbocycles. The minimum Gasteiger partial charge on any atom is -0.307 e. The fraction of sp³-hybridized carbons (Fsp3) is 0.538. The maximum atomic E-state index is 6.21.